The zero-order chi connectivity index (χ0) is 13.1. The minimum atomic E-state index is -0.204. The second-order valence-corrected chi connectivity index (χ2v) is 4.23. The molecule has 4 heteroatoms. The summed E-state index contributed by atoms with van der Waals surface area (Å²) < 4.78 is 1.32. The van der Waals surface area contributed by atoms with E-state index in [4.69, 9.17) is 0 Å². The first-order valence-corrected chi connectivity index (χ1v) is 5.70. The number of carbonyl (C=O) groups is 1. The van der Waals surface area contributed by atoms with Gasteiger partial charge in [0, 0.05) is 17.3 Å². The number of aromatic nitrogens is 2. The van der Waals surface area contributed by atoms with Gasteiger partial charge in [-0.1, -0.05) is 24.3 Å². The van der Waals surface area contributed by atoms with Crippen LogP contribution in [0.4, 0.5) is 0 Å². The first-order chi connectivity index (χ1) is 8.58. The first-order valence-electron chi connectivity index (χ1n) is 5.70. The predicted octanol–water partition coefficient (Wildman–Crippen LogP) is 1.74. The van der Waals surface area contributed by atoms with Crippen molar-refractivity contribution in [2.75, 3.05) is 0 Å². The number of Topliss-reactive ketones (excluding diaryl/α,β-unsaturated/α-hetero) is 1. The molecule has 0 aliphatic rings. The van der Waals surface area contributed by atoms with Crippen LogP contribution in [0.2, 0.25) is 0 Å². The van der Waals surface area contributed by atoms with Gasteiger partial charge in [0.15, 0.2) is 5.78 Å². The highest BCUT2D eigenvalue weighted by Crippen LogP contribution is 2.08. The highest BCUT2D eigenvalue weighted by atomic mass is 16.1. The predicted molar refractivity (Wildman–Crippen MR) is 68.7 cm³/mol. The van der Waals surface area contributed by atoms with Gasteiger partial charge in [-0.3, -0.25) is 14.2 Å². The average Bonchev–Trinajstić information content (AvgIpc) is 2.33. The second kappa shape index (κ2) is 4.96. The average molecular weight is 242 g/mol. The molecule has 0 saturated heterocycles. The zero-order valence-electron chi connectivity index (χ0n) is 10.4. The van der Waals surface area contributed by atoms with E-state index in [1.54, 1.807) is 13.0 Å². The van der Waals surface area contributed by atoms with Crippen molar-refractivity contribution in [3.63, 3.8) is 0 Å². The van der Waals surface area contributed by atoms with Crippen molar-refractivity contribution in [1.82, 2.24) is 9.55 Å². The summed E-state index contributed by atoms with van der Waals surface area (Å²) in [5.74, 6) is -0.0825. The Balaban J connectivity index is 2.27. The fourth-order valence-corrected chi connectivity index (χ4v) is 1.76. The molecule has 0 unspecified atom stereocenters. The van der Waals surface area contributed by atoms with Crippen molar-refractivity contribution in [2.24, 2.45) is 0 Å². The number of aryl methyl sites for hydroxylation is 2. The van der Waals surface area contributed by atoms with E-state index in [0.717, 1.165) is 5.56 Å². The molecule has 92 valence electrons. The molecular weight excluding hydrogens is 228 g/mol. The van der Waals surface area contributed by atoms with Crippen molar-refractivity contribution in [3.8, 4) is 0 Å². The summed E-state index contributed by atoms with van der Waals surface area (Å²) in [5, 5.41) is 0. The van der Waals surface area contributed by atoms with Crippen molar-refractivity contribution >= 4 is 5.78 Å². The van der Waals surface area contributed by atoms with Gasteiger partial charge in [0.25, 0.3) is 5.56 Å². The maximum atomic E-state index is 12.1. The summed E-state index contributed by atoms with van der Waals surface area (Å²) >= 11 is 0. The van der Waals surface area contributed by atoms with Crippen LogP contribution in [0.1, 0.15) is 21.6 Å². The lowest BCUT2D eigenvalue weighted by molar-refractivity contribution is 0.0969. The van der Waals surface area contributed by atoms with E-state index in [1.807, 2.05) is 25.1 Å². The quantitative estimate of drug-likeness (QED) is 0.770. The summed E-state index contributed by atoms with van der Waals surface area (Å²) in [7, 11) is 0. The summed E-state index contributed by atoms with van der Waals surface area (Å²) in [5.41, 5.74) is 2.00. The SMILES string of the molecule is Cc1cc(=O)n(CC(=O)c2ccccc2C)cn1. The van der Waals surface area contributed by atoms with Crippen LogP contribution in [0.25, 0.3) is 0 Å². The van der Waals surface area contributed by atoms with Crippen LogP contribution in [0.3, 0.4) is 0 Å². The van der Waals surface area contributed by atoms with E-state index in [0.29, 0.717) is 11.3 Å². The molecule has 1 aromatic carbocycles. The minimum Gasteiger partial charge on any atom is -0.292 e. The van der Waals surface area contributed by atoms with E-state index in [1.165, 1.54) is 17.0 Å². The summed E-state index contributed by atoms with van der Waals surface area (Å²) in [4.78, 5) is 27.8. The Morgan fingerprint density at radius 1 is 1.28 bits per heavy atom. The van der Waals surface area contributed by atoms with Gasteiger partial charge in [-0.25, -0.2) is 4.98 Å². The van der Waals surface area contributed by atoms with Crippen LogP contribution in [-0.4, -0.2) is 15.3 Å². The van der Waals surface area contributed by atoms with Crippen LogP contribution in [0.15, 0.2) is 41.5 Å². The number of carbonyl (C=O) groups excluding carboxylic acids is 1. The van der Waals surface area contributed by atoms with Gasteiger partial charge in [-0.05, 0) is 19.4 Å². The number of hydrogen-bond acceptors (Lipinski definition) is 3. The molecule has 1 heterocycles. The van der Waals surface area contributed by atoms with E-state index in [-0.39, 0.29) is 17.9 Å². The van der Waals surface area contributed by atoms with Crippen LogP contribution in [0.5, 0.6) is 0 Å². The van der Waals surface area contributed by atoms with Gasteiger partial charge in [0.1, 0.15) is 0 Å². The molecule has 4 nitrogen and oxygen atoms in total. The monoisotopic (exact) mass is 242 g/mol. The molecule has 0 saturated carbocycles. The Morgan fingerprint density at radius 2 is 2.00 bits per heavy atom. The molecule has 0 aliphatic carbocycles. The fourth-order valence-electron chi connectivity index (χ4n) is 1.76. The molecular formula is C14H14N2O2. The highest BCUT2D eigenvalue weighted by Gasteiger charge is 2.10. The molecule has 0 fully saturated rings. The number of nitrogens with zero attached hydrogens (tertiary/aromatic N) is 2. The van der Waals surface area contributed by atoms with Gasteiger partial charge in [0.2, 0.25) is 0 Å². The molecule has 0 N–H and O–H groups in total. The Labute approximate surface area is 105 Å². The fraction of sp³-hybridized carbons (Fsp3) is 0.214. The van der Waals surface area contributed by atoms with E-state index in [9.17, 15) is 9.59 Å². The Morgan fingerprint density at radius 3 is 2.67 bits per heavy atom. The molecule has 2 aromatic rings. The summed E-state index contributed by atoms with van der Waals surface area (Å²) in [6.07, 6.45) is 1.41. The summed E-state index contributed by atoms with van der Waals surface area (Å²) in [6, 6.07) is 8.76. The molecule has 0 amide bonds. The van der Waals surface area contributed by atoms with Gasteiger partial charge in [-0.2, -0.15) is 0 Å². The third kappa shape index (κ3) is 2.53. The van der Waals surface area contributed by atoms with E-state index >= 15 is 0 Å². The molecule has 2 rings (SSSR count). The lowest BCUT2D eigenvalue weighted by atomic mass is 10.1. The van der Waals surface area contributed by atoms with Crippen molar-refractivity contribution in [2.45, 2.75) is 20.4 Å². The zero-order valence-corrected chi connectivity index (χ0v) is 10.4. The van der Waals surface area contributed by atoms with Gasteiger partial charge in [-0.15, -0.1) is 0 Å². The van der Waals surface area contributed by atoms with Gasteiger partial charge >= 0.3 is 0 Å². The maximum Gasteiger partial charge on any atom is 0.253 e. The molecule has 1 aromatic heterocycles. The minimum absolute atomic E-state index is 0.0248. The van der Waals surface area contributed by atoms with Gasteiger partial charge in [0.05, 0.1) is 12.9 Å². The van der Waals surface area contributed by atoms with Crippen molar-refractivity contribution < 1.29 is 4.79 Å². The number of hydrogen-bond donors (Lipinski definition) is 0. The molecule has 0 atom stereocenters. The smallest absolute Gasteiger partial charge is 0.253 e. The maximum absolute atomic E-state index is 12.1. The standard InChI is InChI=1S/C14H14N2O2/c1-10-5-3-4-6-12(10)13(17)8-16-9-15-11(2)7-14(16)18/h3-7,9H,8H2,1-2H3. The number of rotatable bonds is 3. The van der Waals surface area contributed by atoms with E-state index < -0.39 is 0 Å². The number of ketones is 1. The number of benzene rings is 1. The third-order valence-electron chi connectivity index (χ3n) is 2.78. The van der Waals surface area contributed by atoms with Crippen molar-refractivity contribution in [1.29, 1.82) is 0 Å². The summed E-state index contributed by atoms with van der Waals surface area (Å²) in [6.45, 7) is 3.65. The lowest BCUT2D eigenvalue weighted by Gasteiger charge is -2.06. The van der Waals surface area contributed by atoms with Gasteiger partial charge < -0.3 is 0 Å². The highest BCUT2D eigenvalue weighted by molar-refractivity contribution is 5.97. The lowest BCUT2D eigenvalue weighted by Crippen LogP contribution is -2.24. The normalized spacial score (nSPS) is 10.3. The molecule has 18 heavy (non-hydrogen) atoms. The van der Waals surface area contributed by atoms with Crippen LogP contribution in [0, 0.1) is 13.8 Å². The molecule has 0 bridgehead atoms. The molecule has 0 aliphatic heterocycles. The Hall–Kier alpha value is -2.23. The van der Waals surface area contributed by atoms with Crippen molar-refractivity contribution in [3.05, 3.63) is 63.8 Å². The Bertz CT molecular complexity index is 644. The largest absolute Gasteiger partial charge is 0.292 e. The Kier molecular flexibility index (Phi) is 3.37. The third-order valence-corrected chi connectivity index (χ3v) is 2.78. The second-order valence-electron chi connectivity index (χ2n) is 4.23. The van der Waals surface area contributed by atoms with Crippen LogP contribution >= 0.6 is 0 Å². The van der Waals surface area contributed by atoms with Crippen LogP contribution < -0.4 is 5.56 Å². The van der Waals surface area contributed by atoms with Crippen LogP contribution in [-0.2, 0) is 6.54 Å². The topological polar surface area (TPSA) is 52.0 Å². The molecule has 0 spiro atoms. The first kappa shape index (κ1) is 12.2. The molecule has 0 radical (unpaired) electrons. The van der Waals surface area contributed by atoms with E-state index in [2.05, 4.69) is 4.98 Å².